The lowest BCUT2D eigenvalue weighted by molar-refractivity contribution is 0.570. The molecule has 0 radical (unpaired) electrons. The molecule has 1 N–H and O–H groups in total. The number of rotatable bonds is 2. The van der Waals surface area contributed by atoms with E-state index in [1.165, 1.54) is 0 Å². The Balaban J connectivity index is 2.33. The predicted molar refractivity (Wildman–Crippen MR) is 76.6 cm³/mol. The van der Waals surface area contributed by atoms with Crippen molar-refractivity contribution >= 4 is 28.0 Å². The van der Waals surface area contributed by atoms with Crippen LogP contribution in [0, 0.1) is 6.92 Å². The van der Waals surface area contributed by atoms with Gasteiger partial charge in [-0.2, -0.15) is 0 Å². The van der Waals surface area contributed by atoms with Crippen LogP contribution >= 0.6 is 23.0 Å². The Kier molecular flexibility index (Phi) is 4.00. The van der Waals surface area contributed by atoms with Crippen molar-refractivity contribution < 1.29 is 5.11 Å². The lowest BCUT2D eigenvalue weighted by atomic mass is 10.2. The van der Waals surface area contributed by atoms with Crippen LogP contribution in [-0.4, -0.2) is 10.2 Å². The van der Waals surface area contributed by atoms with Gasteiger partial charge in [0.2, 0.25) is 0 Å². The second-order valence-electron chi connectivity index (χ2n) is 3.73. The Hall–Kier alpha value is -1.09. The van der Waals surface area contributed by atoms with Gasteiger partial charge in [-0.15, -0.1) is 11.4 Å². The molecular formula is C14H13ClOS. The summed E-state index contributed by atoms with van der Waals surface area (Å²) < 4.78 is 0. The van der Waals surface area contributed by atoms with Gasteiger partial charge in [-0.1, -0.05) is 41.9 Å². The van der Waals surface area contributed by atoms with E-state index in [0.717, 1.165) is 32.4 Å². The third-order valence-corrected chi connectivity index (χ3v) is 3.84. The van der Waals surface area contributed by atoms with Gasteiger partial charge in [0.25, 0.3) is 0 Å². The molecule has 0 atom stereocenters. The highest BCUT2D eigenvalue weighted by Gasteiger charge is 1.99. The zero-order valence-corrected chi connectivity index (χ0v) is 11.0. The molecule has 2 rings (SSSR count). The molecule has 88 valence electrons. The highest BCUT2D eigenvalue weighted by Crippen LogP contribution is 2.21. The van der Waals surface area contributed by atoms with Gasteiger partial charge in [0.1, 0.15) is 5.05 Å². The summed E-state index contributed by atoms with van der Waals surface area (Å²) in [5.74, 6) is 0. The van der Waals surface area contributed by atoms with Crippen LogP contribution in [0.25, 0.3) is 0 Å². The molecule has 0 fully saturated rings. The number of hydrogen-bond acceptors (Lipinski definition) is 0. The molecule has 0 saturated carbocycles. The van der Waals surface area contributed by atoms with E-state index < -0.39 is 0 Å². The highest BCUT2D eigenvalue weighted by atomic mass is 35.5. The summed E-state index contributed by atoms with van der Waals surface area (Å²) in [6.07, 6.45) is 0. The van der Waals surface area contributed by atoms with Gasteiger partial charge < -0.3 is 5.11 Å². The average Bonchev–Trinajstić information content (AvgIpc) is 2.35. The minimum absolute atomic E-state index is 0.354. The van der Waals surface area contributed by atoms with E-state index in [2.05, 4.69) is 0 Å². The van der Waals surface area contributed by atoms with Crippen LogP contribution in [-0.2, 0) is 0 Å². The molecule has 0 aromatic heterocycles. The molecule has 0 unspecified atom stereocenters. The van der Waals surface area contributed by atoms with E-state index in [9.17, 15) is 5.11 Å². The fourth-order valence-corrected chi connectivity index (χ4v) is 2.52. The summed E-state index contributed by atoms with van der Waals surface area (Å²) in [4.78, 5) is 1.04. The Morgan fingerprint density at radius 1 is 1.12 bits per heavy atom. The van der Waals surface area contributed by atoms with Gasteiger partial charge in [-0.05, 0) is 30.7 Å². The number of aliphatic hydroxyl groups is 1. The molecule has 2 aromatic carbocycles. The molecule has 0 spiro atoms. The molecule has 1 nitrogen and oxygen atoms in total. The van der Waals surface area contributed by atoms with Crippen molar-refractivity contribution in [1.29, 1.82) is 0 Å². The standard InChI is InChI=1S/C14H13ClOS/c1-10-9-12(7-8-13(10)15)17-14(16)11-5-3-2-4-6-11/h2-9,16-17H,1H3. The first-order valence-corrected chi connectivity index (χ1v) is 6.53. The first-order valence-electron chi connectivity index (χ1n) is 5.26. The van der Waals surface area contributed by atoms with Gasteiger partial charge in [0.05, 0.1) is 0 Å². The Labute approximate surface area is 110 Å². The molecule has 17 heavy (non-hydrogen) atoms. The molecule has 0 aliphatic rings. The Bertz CT molecular complexity index is 549. The van der Waals surface area contributed by atoms with Crippen LogP contribution in [0.2, 0.25) is 5.02 Å². The first-order chi connectivity index (χ1) is 8.16. The lowest BCUT2D eigenvalue weighted by Gasteiger charge is -2.03. The predicted octanol–water partition coefficient (Wildman–Crippen LogP) is 4.21. The van der Waals surface area contributed by atoms with Crippen molar-refractivity contribution in [2.45, 2.75) is 11.8 Å². The molecule has 0 bridgehead atoms. The molecule has 0 amide bonds. The fourth-order valence-electron chi connectivity index (χ4n) is 1.47. The van der Waals surface area contributed by atoms with E-state index in [4.69, 9.17) is 11.6 Å². The third-order valence-electron chi connectivity index (χ3n) is 2.41. The van der Waals surface area contributed by atoms with Crippen LogP contribution in [0.15, 0.2) is 53.4 Å². The fraction of sp³-hybridized carbons (Fsp3) is 0.0714. The van der Waals surface area contributed by atoms with Crippen molar-refractivity contribution in [2.24, 2.45) is 0 Å². The van der Waals surface area contributed by atoms with Crippen molar-refractivity contribution in [1.82, 2.24) is 0 Å². The van der Waals surface area contributed by atoms with E-state index in [1.54, 1.807) is 0 Å². The zero-order valence-electron chi connectivity index (χ0n) is 9.39. The normalized spacial score (nSPS) is 12.1. The molecule has 2 aromatic rings. The lowest BCUT2D eigenvalue weighted by Crippen LogP contribution is -1.95. The maximum absolute atomic E-state index is 10.0. The Morgan fingerprint density at radius 2 is 1.82 bits per heavy atom. The van der Waals surface area contributed by atoms with Gasteiger partial charge in [0.15, 0.2) is 0 Å². The zero-order chi connectivity index (χ0) is 12.3. The maximum Gasteiger partial charge on any atom is 0.104 e. The smallest absolute Gasteiger partial charge is 0.104 e. The number of halogens is 1. The third kappa shape index (κ3) is 3.19. The monoisotopic (exact) mass is 264 g/mol. The van der Waals surface area contributed by atoms with Crippen LogP contribution in [0.1, 0.15) is 11.1 Å². The number of aliphatic hydroxyl groups excluding tert-OH is 1. The van der Waals surface area contributed by atoms with E-state index >= 15 is 0 Å². The summed E-state index contributed by atoms with van der Waals surface area (Å²) in [7, 11) is 0. The van der Waals surface area contributed by atoms with E-state index in [1.807, 2.05) is 55.5 Å². The summed E-state index contributed by atoms with van der Waals surface area (Å²) in [5.41, 5.74) is 1.87. The van der Waals surface area contributed by atoms with E-state index in [0.29, 0.717) is 5.05 Å². The number of aryl methyl sites for hydroxylation is 1. The number of benzene rings is 2. The second kappa shape index (κ2) is 5.50. The van der Waals surface area contributed by atoms with Crippen LogP contribution in [0.3, 0.4) is 0 Å². The maximum atomic E-state index is 10.0. The van der Waals surface area contributed by atoms with Crippen LogP contribution in [0.5, 0.6) is 0 Å². The van der Waals surface area contributed by atoms with Crippen molar-refractivity contribution in [3.05, 3.63) is 64.7 Å². The van der Waals surface area contributed by atoms with Gasteiger partial charge in [0, 0.05) is 15.5 Å². The molecule has 0 heterocycles. The van der Waals surface area contributed by atoms with Gasteiger partial charge in [-0.3, -0.25) is 0 Å². The second-order valence-corrected chi connectivity index (χ2v) is 5.31. The highest BCUT2D eigenvalue weighted by molar-refractivity contribution is 7.98. The topological polar surface area (TPSA) is 20.2 Å². The average molecular weight is 265 g/mol. The first kappa shape index (κ1) is 12.4. The van der Waals surface area contributed by atoms with Crippen LogP contribution in [0.4, 0.5) is 0 Å². The summed E-state index contributed by atoms with van der Waals surface area (Å²) >= 11 is 6.76. The van der Waals surface area contributed by atoms with Crippen molar-refractivity contribution in [3.8, 4) is 0 Å². The minimum atomic E-state index is 0.354. The van der Waals surface area contributed by atoms with Crippen molar-refractivity contribution in [3.63, 3.8) is 0 Å². The van der Waals surface area contributed by atoms with Gasteiger partial charge >= 0.3 is 0 Å². The molecule has 0 aliphatic heterocycles. The van der Waals surface area contributed by atoms with Gasteiger partial charge in [-0.25, -0.2) is 0 Å². The SMILES string of the molecule is Cc1cc([SH]=C(O)c2ccccc2)ccc1Cl. The van der Waals surface area contributed by atoms with E-state index in [-0.39, 0.29) is 0 Å². The molecule has 3 heteroatoms. The number of thiol groups is 1. The minimum Gasteiger partial charge on any atom is -0.355 e. The Morgan fingerprint density at radius 3 is 2.47 bits per heavy atom. The van der Waals surface area contributed by atoms with Crippen LogP contribution < -0.4 is 0 Å². The quantitative estimate of drug-likeness (QED) is 0.615. The summed E-state index contributed by atoms with van der Waals surface area (Å²) in [6.45, 7) is 1.96. The summed E-state index contributed by atoms with van der Waals surface area (Å²) in [5, 5.41) is 11.1. The molecule has 0 aliphatic carbocycles. The molecular weight excluding hydrogens is 252 g/mol. The van der Waals surface area contributed by atoms with Crippen molar-refractivity contribution in [2.75, 3.05) is 0 Å². The largest absolute Gasteiger partial charge is 0.355 e. The molecule has 0 saturated heterocycles. The number of hydrogen-bond donors (Lipinski definition) is 2. The summed E-state index contributed by atoms with van der Waals surface area (Å²) in [6, 6.07) is 15.3.